The molecule has 5 rings (SSSR count). The lowest BCUT2D eigenvalue weighted by atomic mass is 9.49. The molecule has 4 aliphatic rings. The van der Waals surface area contributed by atoms with E-state index in [1.807, 2.05) is 0 Å². The first-order valence-corrected chi connectivity index (χ1v) is 10.7. The van der Waals surface area contributed by atoms with Gasteiger partial charge in [0.2, 0.25) is 5.91 Å². The second-order valence-corrected chi connectivity index (χ2v) is 10.0. The van der Waals surface area contributed by atoms with Crippen molar-refractivity contribution in [2.45, 2.75) is 50.3 Å². The van der Waals surface area contributed by atoms with Gasteiger partial charge in [0.1, 0.15) is 0 Å². The molecule has 0 atom stereocenters. The van der Waals surface area contributed by atoms with Crippen LogP contribution >= 0.6 is 0 Å². The fraction of sp³-hybridized carbons (Fsp3) is 0.579. The minimum absolute atomic E-state index is 0.0216. The Hall–Kier alpha value is -1.73. The van der Waals surface area contributed by atoms with E-state index in [9.17, 15) is 18.0 Å². The molecule has 2 N–H and O–H groups in total. The summed E-state index contributed by atoms with van der Waals surface area (Å²) < 4.78 is 24.9. The third kappa shape index (κ3) is 3.07. The minimum atomic E-state index is -3.86. The average molecular weight is 376 g/mol. The van der Waals surface area contributed by atoms with Crippen molar-refractivity contribution < 1.29 is 18.0 Å². The second-order valence-electron chi connectivity index (χ2n) is 8.34. The number of sulfonamides is 1. The maximum atomic E-state index is 12.8. The fourth-order valence-corrected chi connectivity index (χ4v) is 6.40. The number of hydrogen-bond donors (Lipinski definition) is 2. The van der Waals surface area contributed by atoms with Gasteiger partial charge in [0.05, 0.1) is 10.3 Å². The topological polar surface area (TPSA) is 92.3 Å². The predicted molar refractivity (Wildman–Crippen MR) is 95.5 cm³/mol. The third-order valence-corrected chi connectivity index (χ3v) is 7.65. The molecule has 7 heteroatoms. The Kier molecular flexibility index (Phi) is 4.19. The Morgan fingerprint density at radius 1 is 0.962 bits per heavy atom. The highest BCUT2D eigenvalue weighted by atomic mass is 32.2. The first-order valence-electron chi connectivity index (χ1n) is 9.21. The van der Waals surface area contributed by atoms with Crippen molar-refractivity contribution in [2.75, 3.05) is 0 Å². The van der Waals surface area contributed by atoms with Crippen LogP contribution in [-0.2, 0) is 14.8 Å². The van der Waals surface area contributed by atoms with Crippen molar-refractivity contribution >= 4 is 21.7 Å². The van der Waals surface area contributed by atoms with Crippen LogP contribution in [0.25, 0.3) is 0 Å². The third-order valence-electron chi connectivity index (χ3n) is 6.39. The van der Waals surface area contributed by atoms with Crippen molar-refractivity contribution in [2.24, 2.45) is 23.2 Å². The van der Waals surface area contributed by atoms with Crippen molar-refractivity contribution in [3.63, 3.8) is 0 Å². The van der Waals surface area contributed by atoms with Gasteiger partial charge in [-0.15, -0.1) is 4.83 Å². The van der Waals surface area contributed by atoms with E-state index in [0.717, 1.165) is 19.3 Å². The molecule has 6 nitrogen and oxygen atoms in total. The number of Topliss-reactive ketones (excluding diaryl/α,β-unsaturated/α-hetero) is 1. The lowest BCUT2D eigenvalue weighted by Gasteiger charge is -2.55. The maximum Gasteiger partial charge on any atom is 0.257 e. The maximum absolute atomic E-state index is 12.8. The number of benzene rings is 1. The molecule has 0 unspecified atom stereocenters. The van der Waals surface area contributed by atoms with Crippen molar-refractivity contribution in [1.82, 2.24) is 10.3 Å². The molecule has 140 valence electrons. The highest BCUT2D eigenvalue weighted by Crippen LogP contribution is 2.60. The molecular weight excluding hydrogens is 352 g/mol. The van der Waals surface area contributed by atoms with Gasteiger partial charge < -0.3 is 0 Å². The first-order chi connectivity index (χ1) is 12.3. The lowest BCUT2D eigenvalue weighted by Crippen LogP contribution is -2.56. The van der Waals surface area contributed by atoms with Crippen LogP contribution < -0.4 is 10.3 Å². The van der Waals surface area contributed by atoms with Gasteiger partial charge in [0, 0.05) is 5.56 Å². The fourth-order valence-electron chi connectivity index (χ4n) is 5.56. The molecule has 0 spiro atoms. The van der Waals surface area contributed by atoms with E-state index in [1.54, 1.807) is 0 Å². The largest absolute Gasteiger partial charge is 0.295 e. The van der Waals surface area contributed by atoms with Crippen molar-refractivity contribution in [3.8, 4) is 0 Å². The van der Waals surface area contributed by atoms with Crippen LogP contribution in [0, 0.1) is 23.2 Å². The SMILES string of the molecule is CC(=O)c1ccc(S(=O)(=O)NNC(=O)C23CC4CC(CC(C4)C2)C3)cc1. The highest BCUT2D eigenvalue weighted by Gasteiger charge is 2.54. The smallest absolute Gasteiger partial charge is 0.257 e. The molecule has 26 heavy (non-hydrogen) atoms. The van der Waals surface area contributed by atoms with E-state index < -0.39 is 15.4 Å². The van der Waals surface area contributed by atoms with E-state index in [2.05, 4.69) is 10.3 Å². The number of ketones is 1. The average Bonchev–Trinajstić information content (AvgIpc) is 2.58. The Balaban J connectivity index is 1.44. The molecule has 0 heterocycles. The van der Waals surface area contributed by atoms with Crippen LogP contribution in [0.3, 0.4) is 0 Å². The molecule has 0 radical (unpaired) electrons. The molecule has 4 fully saturated rings. The Morgan fingerprint density at radius 3 is 1.92 bits per heavy atom. The van der Waals surface area contributed by atoms with Crippen LogP contribution in [0.5, 0.6) is 0 Å². The summed E-state index contributed by atoms with van der Waals surface area (Å²) in [6.07, 6.45) is 6.29. The van der Waals surface area contributed by atoms with E-state index in [1.165, 1.54) is 50.5 Å². The second kappa shape index (κ2) is 6.16. The molecule has 4 bridgehead atoms. The summed E-state index contributed by atoms with van der Waals surface area (Å²) in [5, 5.41) is 0. The zero-order valence-corrected chi connectivity index (χ0v) is 15.6. The molecule has 4 saturated carbocycles. The van der Waals surface area contributed by atoms with Gasteiger partial charge in [-0.25, -0.2) is 8.42 Å². The molecule has 1 amide bonds. The Morgan fingerprint density at radius 2 is 1.46 bits per heavy atom. The number of rotatable bonds is 5. The quantitative estimate of drug-likeness (QED) is 0.610. The summed E-state index contributed by atoms with van der Waals surface area (Å²) in [6, 6.07) is 5.68. The summed E-state index contributed by atoms with van der Waals surface area (Å²) in [5.41, 5.74) is 2.51. The predicted octanol–water partition coefficient (Wildman–Crippen LogP) is 2.42. The minimum Gasteiger partial charge on any atom is -0.295 e. The standard InChI is InChI=1S/C19H24N2O4S/c1-12(22)16-2-4-17(5-3-16)26(24,25)21-20-18(23)19-9-13-6-14(10-19)8-15(7-13)11-19/h2-5,13-15,21H,6-11H2,1H3,(H,20,23). The van der Waals surface area contributed by atoms with Crippen molar-refractivity contribution in [3.05, 3.63) is 29.8 Å². The highest BCUT2D eigenvalue weighted by molar-refractivity contribution is 7.89. The van der Waals surface area contributed by atoms with Gasteiger partial charge >= 0.3 is 0 Å². The summed E-state index contributed by atoms with van der Waals surface area (Å²) in [5.74, 6) is 1.52. The van der Waals surface area contributed by atoms with Gasteiger partial charge in [0.25, 0.3) is 10.0 Å². The Bertz CT molecular complexity index is 810. The number of carbonyl (C=O) groups excluding carboxylic acids is 2. The molecule has 1 aromatic rings. The number of hydrogen-bond acceptors (Lipinski definition) is 4. The zero-order chi connectivity index (χ0) is 18.5. The first kappa shape index (κ1) is 17.7. The number of amides is 1. The monoisotopic (exact) mass is 376 g/mol. The van der Waals surface area contributed by atoms with Crippen molar-refractivity contribution in [1.29, 1.82) is 0 Å². The lowest BCUT2D eigenvalue weighted by molar-refractivity contribution is -0.146. The Labute approximate surface area is 153 Å². The van der Waals surface area contributed by atoms with Crippen LogP contribution in [0.2, 0.25) is 0 Å². The summed E-state index contributed by atoms with van der Waals surface area (Å²) in [6.45, 7) is 1.42. The molecular formula is C19H24N2O4S. The number of carbonyl (C=O) groups is 2. The van der Waals surface area contributed by atoms with E-state index in [4.69, 9.17) is 0 Å². The molecule has 0 saturated heterocycles. The summed E-state index contributed by atoms with van der Waals surface area (Å²) in [7, 11) is -3.86. The molecule has 4 aliphatic carbocycles. The van der Waals surface area contributed by atoms with Crippen LogP contribution in [-0.4, -0.2) is 20.1 Å². The van der Waals surface area contributed by atoms with Crippen LogP contribution in [0.4, 0.5) is 0 Å². The van der Waals surface area contributed by atoms with Gasteiger partial charge in [-0.2, -0.15) is 0 Å². The van der Waals surface area contributed by atoms with Crippen LogP contribution in [0.1, 0.15) is 55.8 Å². The zero-order valence-electron chi connectivity index (χ0n) is 14.8. The number of nitrogens with one attached hydrogen (secondary N) is 2. The van der Waals surface area contributed by atoms with Gasteiger partial charge in [-0.05, 0) is 75.3 Å². The summed E-state index contributed by atoms with van der Waals surface area (Å²) >= 11 is 0. The molecule has 1 aromatic carbocycles. The van der Waals surface area contributed by atoms with Crippen LogP contribution in [0.15, 0.2) is 29.2 Å². The van der Waals surface area contributed by atoms with Gasteiger partial charge in [-0.1, -0.05) is 12.1 Å². The molecule has 0 aliphatic heterocycles. The van der Waals surface area contributed by atoms with E-state index >= 15 is 0 Å². The van der Waals surface area contributed by atoms with Gasteiger partial charge in [-0.3, -0.25) is 15.0 Å². The number of hydrazine groups is 1. The molecule has 0 aromatic heterocycles. The van der Waals surface area contributed by atoms with E-state index in [0.29, 0.717) is 23.3 Å². The normalized spacial score (nSPS) is 32.4. The van der Waals surface area contributed by atoms with Gasteiger partial charge in [0.15, 0.2) is 5.78 Å². The summed E-state index contributed by atoms with van der Waals surface area (Å²) in [4.78, 5) is 26.4. The van der Waals surface area contributed by atoms with E-state index in [-0.39, 0.29) is 16.6 Å².